The average Bonchev–Trinajstić information content (AvgIpc) is 2.82. The van der Waals surface area contributed by atoms with Crippen LogP contribution in [-0.2, 0) is 11.3 Å². The number of hydrogen-bond acceptors (Lipinski definition) is 2. The molecule has 0 saturated heterocycles. The zero-order valence-corrected chi connectivity index (χ0v) is 12.0. The molecule has 0 fully saturated rings. The highest BCUT2D eigenvalue weighted by Gasteiger charge is 2.16. The summed E-state index contributed by atoms with van der Waals surface area (Å²) in [6.07, 6.45) is 1.39. The molecule has 0 saturated carbocycles. The number of carbonyl (C=O) groups is 2. The SMILES string of the molecule is O=C(Cn1cccc1C(=O)O)Nc1c(F)cc(Br)cc1F. The van der Waals surface area contributed by atoms with E-state index < -0.39 is 29.2 Å². The molecular weight excluding hydrogens is 350 g/mol. The van der Waals surface area contributed by atoms with Crippen molar-refractivity contribution in [2.45, 2.75) is 6.54 Å². The number of carbonyl (C=O) groups excluding carboxylic acids is 1. The Labute approximate surface area is 126 Å². The number of rotatable bonds is 4. The Morgan fingerprint density at radius 1 is 1.29 bits per heavy atom. The second-order valence-electron chi connectivity index (χ2n) is 4.12. The molecular formula is C13H9BrF2N2O3. The summed E-state index contributed by atoms with van der Waals surface area (Å²) in [5.74, 6) is -3.80. The maximum absolute atomic E-state index is 13.6. The van der Waals surface area contributed by atoms with Crippen LogP contribution in [0, 0.1) is 11.6 Å². The molecule has 0 radical (unpaired) electrons. The fraction of sp³-hybridized carbons (Fsp3) is 0.0769. The minimum atomic E-state index is -1.20. The Balaban J connectivity index is 2.16. The summed E-state index contributed by atoms with van der Waals surface area (Å²) in [5, 5.41) is 11.0. The van der Waals surface area contributed by atoms with Gasteiger partial charge in [-0.3, -0.25) is 4.79 Å². The lowest BCUT2D eigenvalue weighted by Gasteiger charge is -2.10. The number of benzene rings is 1. The second kappa shape index (κ2) is 6.04. The first-order valence-electron chi connectivity index (χ1n) is 5.71. The number of nitrogens with zero attached hydrogens (tertiary/aromatic N) is 1. The lowest BCUT2D eigenvalue weighted by atomic mass is 10.3. The van der Waals surface area contributed by atoms with Crippen LogP contribution in [-0.4, -0.2) is 21.6 Å². The lowest BCUT2D eigenvalue weighted by Crippen LogP contribution is -2.22. The van der Waals surface area contributed by atoms with Gasteiger partial charge in [0.15, 0.2) is 11.6 Å². The van der Waals surface area contributed by atoms with Gasteiger partial charge in [-0.2, -0.15) is 0 Å². The monoisotopic (exact) mass is 358 g/mol. The van der Waals surface area contributed by atoms with Crippen LogP contribution in [0.25, 0.3) is 0 Å². The van der Waals surface area contributed by atoms with E-state index >= 15 is 0 Å². The Morgan fingerprint density at radius 3 is 2.48 bits per heavy atom. The molecule has 21 heavy (non-hydrogen) atoms. The van der Waals surface area contributed by atoms with Crippen molar-refractivity contribution in [1.82, 2.24) is 4.57 Å². The van der Waals surface area contributed by atoms with Gasteiger partial charge in [-0.1, -0.05) is 15.9 Å². The van der Waals surface area contributed by atoms with Crippen LogP contribution < -0.4 is 5.32 Å². The van der Waals surface area contributed by atoms with Gasteiger partial charge in [-0.15, -0.1) is 0 Å². The van der Waals surface area contributed by atoms with E-state index in [1.54, 1.807) is 0 Å². The van der Waals surface area contributed by atoms with Gasteiger partial charge in [0.25, 0.3) is 0 Å². The van der Waals surface area contributed by atoms with Crippen LogP contribution in [0.4, 0.5) is 14.5 Å². The van der Waals surface area contributed by atoms with E-state index in [1.165, 1.54) is 18.3 Å². The molecule has 1 heterocycles. The van der Waals surface area contributed by atoms with Crippen LogP contribution in [0.15, 0.2) is 34.9 Å². The third-order valence-electron chi connectivity index (χ3n) is 2.63. The number of halogens is 3. The van der Waals surface area contributed by atoms with Gasteiger partial charge in [-0.05, 0) is 24.3 Å². The van der Waals surface area contributed by atoms with E-state index in [-0.39, 0.29) is 16.7 Å². The number of anilines is 1. The number of aromatic nitrogens is 1. The molecule has 110 valence electrons. The second-order valence-corrected chi connectivity index (χ2v) is 5.03. The molecule has 2 aromatic rings. The van der Waals surface area contributed by atoms with Crippen molar-refractivity contribution in [1.29, 1.82) is 0 Å². The fourth-order valence-corrected chi connectivity index (χ4v) is 2.14. The molecule has 5 nitrogen and oxygen atoms in total. The minimum Gasteiger partial charge on any atom is -0.477 e. The zero-order chi connectivity index (χ0) is 15.6. The van der Waals surface area contributed by atoms with Gasteiger partial charge in [0.1, 0.15) is 17.9 Å². The summed E-state index contributed by atoms with van der Waals surface area (Å²) >= 11 is 2.93. The quantitative estimate of drug-likeness (QED) is 0.882. The van der Waals surface area contributed by atoms with Crippen molar-refractivity contribution in [3.8, 4) is 0 Å². The molecule has 0 aliphatic carbocycles. The Bertz CT molecular complexity index is 692. The first kappa shape index (κ1) is 15.2. The molecule has 0 aliphatic heterocycles. The third kappa shape index (κ3) is 3.46. The lowest BCUT2D eigenvalue weighted by molar-refractivity contribution is -0.116. The average molecular weight is 359 g/mol. The van der Waals surface area contributed by atoms with E-state index in [0.717, 1.165) is 16.7 Å². The number of carboxylic acids is 1. The first-order valence-corrected chi connectivity index (χ1v) is 6.50. The number of carboxylic acid groups (broad SMARTS) is 1. The van der Waals surface area contributed by atoms with Gasteiger partial charge in [-0.25, -0.2) is 13.6 Å². The Kier molecular flexibility index (Phi) is 4.37. The van der Waals surface area contributed by atoms with Crippen LogP contribution >= 0.6 is 15.9 Å². The van der Waals surface area contributed by atoms with Gasteiger partial charge >= 0.3 is 5.97 Å². The highest BCUT2D eigenvalue weighted by atomic mass is 79.9. The predicted octanol–water partition coefficient (Wildman–Crippen LogP) is 2.87. The van der Waals surface area contributed by atoms with Gasteiger partial charge in [0, 0.05) is 10.7 Å². The smallest absolute Gasteiger partial charge is 0.352 e. The highest BCUT2D eigenvalue weighted by molar-refractivity contribution is 9.10. The van der Waals surface area contributed by atoms with Gasteiger partial charge in [0.05, 0.1) is 0 Å². The number of hydrogen-bond donors (Lipinski definition) is 2. The number of nitrogens with one attached hydrogen (secondary N) is 1. The summed E-state index contributed by atoms with van der Waals surface area (Å²) in [4.78, 5) is 22.7. The molecule has 0 aliphatic rings. The fourth-order valence-electron chi connectivity index (χ4n) is 1.74. The molecule has 0 spiro atoms. The largest absolute Gasteiger partial charge is 0.477 e. The molecule has 8 heteroatoms. The minimum absolute atomic E-state index is 0.0955. The van der Waals surface area contributed by atoms with Crippen LogP contribution in [0.3, 0.4) is 0 Å². The first-order chi connectivity index (χ1) is 9.88. The van der Waals surface area contributed by atoms with E-state index in [9.17, 15) is 18.4 Å². The van der Waals surface area contributed by atoms with Crippen molar-refractivity contribution >= 4 is 33.5 Å². The molecule has 1 amide bonds. The Morgan fingerprint density at radius 2 is 1.90 bits per heavy atom. The van der Waals surface area contributed by atoms with E-state index in [4.69, 9.17) is 5.11 Å². The third-order valence-corrected chi connectivity index (χ3v) is 3.09. The highest BCUT2D eigenvalue weighted by Crippen LogP contribution is 2.23. The summed E-state index contributed by atoms with van der Waals surface area (Å²) < 4.78 is 28.5. The molecule has 1 aromatic carbocycles. The summed E-state index contributed by atoms with van der Waals surface area (Å²) in [6.45, 7) is -0.371. The van der Waals surface area contributed by atoms with Gasteiger partial charge < -0.3 is 15.0 Å². The number of amides is 1. The van der Waals surface area contributed by atoms with Crippen molar-refractivity contribution in [2.24, 2.45) is 0 Å². The van der Waals surface area contributed by atoms with Gasteiger partial charge in [0.2, 0.25) is 5.91 Å². The maximum Gasteiger partial charge on any atom is 0.352 e. The van der Waals surface area contributed by atoms with E-state index in [1.807, 2.05) is 0 Å². The van der Waals surface area contributed by atoms with Crippen LogP contribution in [0.1, 0.15) is 10.5 Å². The molecule has 0 bridgehead atoms. The number of aromatic carboxylic acids is 1. The standard InChI is InChI=1S/C13H9BrF2N2O3/c14-7-4-8(15)12(9(16)5-7)17-11(19)6-18-3-1-2-10(18)13(20)21/h1-5H,6H2,(H,17,19)(H,20,21). The van der Waals surface area contributed by atoms with Crippen LogP contribution in [0.5, 0.6) is 0 Å². The predicted molar refractivity (Wildman–Crippen MR) is 74.1 cm³/mol. The molecule has 2 N–H and O–H groups in total. The summed E-state index contributed by atoms with van der Waals surface area (Å²) in [6, 6.07) is 4.79. The Hall–Kier alpha value is -2.22. The summed E-state index contributed by atoms with van der Waals surface area (Å²) in [7, 11) is 0. The molecule has 2 rings (SSSR count). The summed E-state index contributed by atoms with van der Waals surface area (Å²) in [5.41, 5.74) is -0.672. The van der Waals surface area contributed by atoms with Crippen molar-refractivity contribution < 1.29 is 23.5 Å². The zero-order valence-electron chi connectivity index (χ0n) is 10.4. The molecule has 0 atom stereocenters. The van der Waals surface area contributed by atoms with Crippen molar-refractivity contribution in [2.75, 3.05) is 5.32 Å². The van der Waals surface area contributed by atoms with Crippen molar-refractivity contribution in [3.63, 3.8) is 0 Å². The van der Waals surface area contributed by atoms with E-state index in [0.29, 0.717) is 0 Å². The normalized spacial score (nSPS) is 10.4. The van der Waals surface area contributed by atoms with Crippen molar-refractivity contribution in [3.05, 3.63) is 52.3 Å². The van der Waals surface area contributed by atoms with E-state index in [2.05, 4.69) is 21.2 Å². The maximum atomic E-state index is 13.6. The molecule has 0 unspecified atom stereocenters. The molecule has 1 aromatic heterocycles. The topological polar surface area (TPSA) is 71.3 Å². The van der Waals surface area contributed by atoms with Crippen LogP contribution in [0.2, 0.25) is 0 Å².